The topological polar surface area (TPSA) is 64.9 Å². The number of aromatic nitrogens is 2. The maximum absolute atomic E-state index is 6.17. The molecule has 1 aromatic heterocycles. The van der Waals surface area contributed by atoms with Gasteiger partial charge >= 0.3 is 0 Å². The molecule has 19 heavy (non-hydrogen) atoms. The lowest BCUT2D eigenvalue weighted by atomic mass is 9.75. The summed E-state index contributed by atoms with van der Waals surface area (Å²) in [4.78, 5) is 4.40. The van der Waals surface area contributed by atoms with E-state index in [0.717, 1.165) is 23.4 Å². The van der Waals surface area contributed by atoms with Crippen LogP contribution < -0.4 is 5.73 Å². The van der Waals surface area contributed by atoms with Gasteiger partial charge in [0.1, 0.15) is 0 Å². The van der Waals surface area contributed by atoms with E-state index >= 15 is 0 Å². The Morgan fingerprint density at radius 1 is 1.37 bits per heavy atom. The molecule has 1 aromatic carbocycles. The average molecular weight is 278 g/mol. The van der Waals surface area contributed by atoms with E-state index in [2.05, 4.69) is 10.1 Å². The molecule has 0 aliphatic heterocycles. The van der Waals surface area contributed by atoms with Gasteiger partial charge in [0.05, 0.1) is 0 Å². The van der Waals surface area contributed by atoms with Crippen molar-refractivity contribution in [1.29, 1.82) is 0 Å². The smallest absolute Gasteiger partial charge is 0.228 e. The molecule has 3 rings (SSSR count). The first-order chi connectivity index (χ1) is 9.13. The monoisotopic (exact) mass is 277 g/mol. The van der Waals surface area contributed by atoms with Crippen LogP contribution in [0.3, 0.4) is 0 Å². The van der Waals surface area contributed by atoms with Crippen molar-refractivity contribution in [2.75, 3.05) is 0 Å². The number of hydrogen-bond donors (Lipinski definition) is 1. The Bertz CT molecular complexity index is 578. The minimum absolute atomic E-state index is 0.125. The van der Waals surface area contributed by atoms with Crippen molar-refractivity contribution in [1.82, 2.24) is 10.1 Å². The second-order valence-corrected chi connectivity index (χ2v) is 5.74. The van der Waals surface area contributed by atoms with Gasteiger partial charge in [-0.25, -0.2) is 0 Å². The lowest BCUT2D eigenvalue weighted by molar-refractivity contribution is 0.221. The molecule has 5 heteroatoms. The van der Waals surface area contributed by atoms with E-state index in [9.17, 15) is 0 Å². The van der Waals surface area contributed by atoms with Crippen LogP contribution >= 0.6 is 11.6 Å². The molecular formula is C14H16ClN3O. The minimum Gasteiger partial charge on any atom is -0.339 e. The van der Waals surface area contributed by atoms with Gasteiger partial charge in [0.15, 0.2) is 5.82 Å². The van der Waals surface area contributed by atoms with Crippen molar-refractivity contribution in [3.63, 3.8) is 0 Å². The number of benzene rings is 1. The van der Waals surface area contributed by atoms with Crippen molar-refractivity contribution < 1.29 is 4.52 Å². The molecule has 2 N–H and O–H groups in total. The van der Waals surface area contributed by atoms with Crippen molar-refractivity contribution in [3.05, 3.63) is 46.6 Å². The molecule has 0 bridgehead atoms. The van der Waals surface area contributed by atoms with E-state index in [0.29, 0.717) is 24.6 Å². The number of hydrogen-bond acceptors (Lipinski definition) is 4. The second kappa shape index (κ2) is 4.94. The zero-order valence-corrected chi connectivity index (χ0v) is 11.4. The molecule has 1 saturated carbocycles. The van der Waals surface area contributed by atoms with Crippen molar-refractivity contribution in [2.24, 2.45) is 5.73 Å². The lowest BCUT2D eigenvalue weighted by Gasteiger charge is -2.36. The van der Waals surface area contributed by atoms with Gasteiger partial charge in [-0.15, -0.1) is 0 Å². The normalized spacial score (nSPS) is 17.2. The van der Waals surface area contributed by atoms with Gasteiger partial charge in [-0.1, -0.05) is 28.9 Å². The summed E-state index contributed by atoms with van der Waals surface area (Å²) < 4.78 is 5.26. The molecule has 2 aromatic rings. The molecule has 0 saturated heterocycles. The molecule has 1 heterocycles. The highest BCUT2D eigenvalue weighted by Crippen LogP contribution is 2.31. The molecule has 0 amide bonds. The van der Waals surface area contributed by atoms with Crippen LogP contribution in [0.1, 0.15) is 36.5 Å². The molecule has 1 aliphatic rings. The number of nitrogens with zero attached hydrogens (tertiary/aromatic N) is 2. The fourth-order valence-corrected chi connectivity index (χ4v) is 2.58. The van der Waals surface area contributed by atoms with E-state index in [1.54, 1.807) is 0 Å². The summed E-state index contributed by atoms with van der Waals surface area (Å²) in [5.74, 6) is 1.32. The molecule has 4 nitrogen and oxygen atoms in total. The number of rotatable bonds is 4. The lowest BCUT2D eigenvalue weighted by Crippen LogP contribution is -2.48. The summed E-state index contributed by atoms with van der Waals surface area (Å²) in [6, 6.07) is 7.68. The van der Waals surface area contributed by atoms with E-state index in [-0.39, 0.29) is 5.54 Å². The summed E-state index contributed by atoms with van der Waals surface area (Å²) in [6.07, 6.45) is 4.58. The van der Waals surface area contributed by atoms with Crippen LogP contribution in [0.25, 0.3) is 0 Å². The molecule has 0 atom stereocenters. The van der Waals surface area contributed by atoms with Crippen molar-refractivity contribution >= 4 is 11.6 Å². The van der Waals surface area contributed by atoms with Crippen LogP contribution in [0.2, 0.25) is 5.02 Å². The fourth-order valence-electron chi connectivity index (χ4n) is 2.37. The first-order valence-electron chi connectivity index (χ1n) is 6.48. The Labute approximate surface area is 117 Å². The molecule has 1 aliphatic carbocycles. The van der Waals surface area contributed by atoms with Crippen molar-refractivity contribution in [3.8, 4) is 0 Å². The highest BCUT2D eigenvalue weighted by molar-refractivity contribution is 6.30. The molecule has 0 unspecified atom stereocenters. The first-order valence-corrected chi connectivity index (χ1v) is 6.86. The molecule has 1 fully saturated rings. The van der Waals surface area contributed by atoms with Crippen LogP contribution in [-0.2, 0) is 12.8 Å². The van der Waals surface area contributed by atoms with E-state index in [1.807, 2.05) is 24.3 Å². The standard InChI is InChI=1S/C14H16ClN3O/c15-11-4-1-3-10(7-11)8-12-17-13(19-18-12)9-14(16)5-2-6-14/h1,3-4,7H,2,5-6,8-9,16H2. The maximum Gasteiger partial charge on any atom is 0.228 e. The van der Waals surface area contributed by atoms with Gasteiger partial charge in [-0.2, -0.15) is 4.98 Å². The van der Waals surface area contributed by atoms with Gasteiger partial charge in [0.25, 0.3) is 0 Å². The summed E-state index contributed by atoms with van der Waals surface area (Å²) >= 11 is 5.95. The van der Waals surface area contributed by atoms with E-state index in [1.165, 1.54) is 6.42 Å². The molecule has 100 valence electrons. The van der Waals surface area contributed by atoms with Gasteiger partial charge in [-0.05, 0) is 37.0 Å². The van der Waals surface area contributed by atoms with Crippen LogP contribution in [0, 0.1) is 0 Å². The third-order valence-electron chi connectivity index (χ3n) is 3.61. The predicted octanol–water partition coefficient (Wildman–Crippen LogP) is 2.74. The van der Waals surface area contributed by atoms with Crippen molar-refractivity contribution in [2.45, 2.75) is 37.6 Å². The van der Waals surface area contributed by atoms with Crippen LogP contribution in [0.15, 0.2) is 28.8 Å². The van der Waals surface area contributed by atoms with Crippen LogP contribution in [0.4, 0.5) is 0 Å². The predicted molar refractivity (Wildman–Crippen MR) is 73.0 cm³/mol. The second-order valence-electron chi connectivity index (χ2n) is 5.30. The summed E-state index contributed by atoms with van der Waals surface area (Å²) in [5, 5.41) is 4.72. The van der Waals surface area contributed by atoms with E-state index in [4.69, 9.17) is 21.9 Å². The Balaban J connectivity index is 1.67. The van der Waals surface area contributed by atoms with Gasteiger partial charge in [0.2, 0.25) is 5.89 Å². The first kappa shape index (κ1) is 12.6. The minimum atomic E-state index is -0.125. The Morgan fingerprint density at radius 3 is 2.89 bits per heavy atom. The molecular weight excluding hydrogens is 262 g/mol. The zero-order valence-electron chi connectivity index (χ0n) is 10.6. The largest absolute Gasteiger partial charge is 0.339 e. The Hall–Kier alpha value is -1.39. The van der Waals surface area contributed by atoms with Crippen LogP contribution in [-0.4, -0.2) is 15.7 Å². The average Bonchev–Trinajstić information content (AvgIpc) is 2.74. The highest BCUT2D eigenvalue weighted by atomic mass is 35.5. The highest BCUT2D eigenvalue weighted by Gasteiger charge is 2.34. The third-order valence-corrected chi connectivity index (χ3v) is 3.85. The third kappa shape index (κ3) is 2.96. The fraction of sp³-hybridized carbons (Fsp3) is 0.429. The summed E-state index contributed by atoms with van der Waals surface area (Å²) in [6.45, 7) is 0. The Kier molecular flexibility index (Phi) is 3.29. The summed E-state index contributed by atoms with van der Waals surface area (Å²) in [5.41, 5.74) is 7.12. The molecule has 0 spiro atoms. The number of halogens is 1. The van der Waals surface area contributed by atoms with Gasteiger partial charge in [0, 0.05) is 23.4 Å². The SMILES string of the molecule is NC1(Cc2nc(Cc3cccc(Cl)c3)no2)CCC1. The van der Waals surface area contributed by atoms with Gasteiger partial charge < -0.3 is 10.3 Å². The zero-order chi connectivity index (χ0) is 13.3. The number of nitrogens with two attached hydrogens (primary N) is 1. The molecule has 0 radical (unpaired) electrons. The van der Waals surface area contributed by atoms with Crippen LogP contribution in [0.5, 0.6) is 0 Å². The van der Waals surface area contributed by atoms with E-state index < -0.39 is 0 Å². The van der Waals surface area contributed by atoms with Gasteiger partial charge in [-0.3, -0.25) is 0 Å². The quantitative estimate of drug-likeness (QED) is 0.933. The Morgan fingerprint density at radius 2 is 2.21 bits per heavy atom. The summed E-state index contributed by atoms with van der Waals surface area (Å²) in [7, 11) is 0. The maximum atomic E-state index is 6.17.